The summed E-state index contributed by atoms with van der Waals surface area (Å²) in [6.07, 6.45) is 5.30. The first-order valence-electron chi connectivity index (χ1n) is 5.90. The summed E-state index contributed by atoms with van der Waals surface area (Å²) in [7, 11) is 0. The summed E-state index contributed by atoms with van der Waals surface area (Å²) in [5.74, 6) is -0.140. The van der Waals surface area contributed by atoms with Crippen molar-refractivity contribution in [2.24, 2.45) is 5.73 Å². The van der Waals surface area contributed by atoms with Crippen LogP contribution >= 0.6 is 11.6 Å². The van der Waals surface area contributed by atoms with Crippen LogP contribution in [-0.2, 0) is 4.79 Å². The second-order valence-corrected chi connectivity index (χ2v) is 4.74. The lowest BCUT2D eigenvalue weighted by atomic mass is 10.2. The van der Waals surface area contributed by atoms with Gasteiger partial charge in [0.15, 0.2) is 0 Å². The maximum Gasteiger partial charge on any atom is 0.225 e. The number of hydrogen-bond donors (Lipinski definition) is 2. The van der Waals surface area contributed by atoms with Crippen LogP contribution in [0.2, 0.25) is 5.02 Å². The average Bonchev–Trinajstić information content (AvgIpc) is 2.81. The van der Waals surface area contributed by atoms with Crippen LogP contribution in [0.25, 0.3) is 5.69 Å². The summed E-state index contributed by atoms with van der Waals surface area (Å²) in [6.45, 7) is 1.79. The summed E-state index contributed by atoms with van der Waals surface area (Å²) >= 11 is 6.19. The Bertz CT molecular complexity index is 566. The van der Waals surface area contributed by atoms with Gasteiger partial charge in [-0.05, 0) is 19.1 Å². The van der Waals surface area contributed by atoms with E-state index in [1.54, 1.807) is 48.4 Å². The quantitative estimate of drug-likeness (QED) is 0.900. The molecule has 0 bridgehead atoms. The molecule has 6 heteroatoms. The number of rotatable bonds is 4. The Morgan fingerprint density at radius 2 is 2.37 bits per heavy atom. The van der Waals surface area contributed by atoms with Crippen molar-refractivity contribution in [2.45, 2.75) is 19.4 Å². The van der Waals surface area contributed by atoms with Crippen LogP contribution in [-0.4, -0.2) is 21.5 Å². The molecule has 0 saturated carbocycles. The third kappa shape index (κ3) is 3.33. The standard InChI is InChI=1S/C13H15ClN4O/c1-9(15)7-12(19)17-11-4-2-3-10(14)13(11)18-6-5-16-8-18/h2-6,8-9H,7,15H2,1H3,(H,17,19). The average molecular weight is 279 g/mol. The van der Waals surface area contributed by atoms with E-state index in [2.05, 4.69) is 10.3 Å². The van der Waals surface area contributed by atoms with Gasteiger partial charge in [0.1, 0.15) is 0 Å². The van der Waals surface area contributed by atoms with E-state index in [1.165, 1.54) is 0 Å². The molecule has 1 amide bonds. The lowest BCUT2D eigenvalue weighted by molar-refractivity contribution is -0.116. The molecule has 1 heterocycles. The van der Waals surface area contributed by atoms with Crippen molar-refractivity contribution in [1.82, 2.24) is 9.55 Å². The first-order chi connectivity index (χ1) is 9.08. The van der Waals surface area contributed by atoms with Gasteiger partial charge in [-0.1, -0.05) is 17.7 Å². The van der Waals surface area contributed by atoms with Crippen molar-refractivity contribution in [3.8, 4) is 5.69 Å². The first-order valence-corrected chi connectivity index (χ1v) is 6.28. The van der Waals surface area contributed by atoms with Gasteiger partial charge in [-0.15, -0.1) is 0 Å². The van der Waals surface area contributed by atoms with Crippen LogP contribution in [0.1, 0.15) is 13.3 Å². The summed E-state index contributed by atoms with van der Waals surface area (Å²) in [6, 6.07) is 5.15. The molecule has 5 nitrogen and oxygen atoms in total. The van der Waals surface area contributed by atoms with Crippen LogP contribution in [0.5, 0.6) is 0 Å². The SMILES string of the molecule is CC(N)CC(=O)Nc1cccc(Cl)c1-n1ccnc1. The van der Waals surface area contributed by atoms with E-state index in [0.29, 0.717) is 16.4 Å². The van der Waals surface area contributed by atoms with Crippen LogP contribution < -0.4 is 11.1 Å². The predicted octanol–water partition coefficient (Wildman–Crippen LogP) is 2.20. The number of anilines is 1. The number of carbonyl (C=O) groups is 1. The fraction of sp³-hybridized carbons (Fsp3) is 0.231. The van der Waals surface area contributed by atoms with Gasteiger partial charge in [0.25, 0.3) is 0 Å². The molecule has 1 aromatic heterocycles. The summed E-state index contributed by atoms with van der Waals surface area (Å²) in [5.41, 5.74) is 6.94. The smallest absolute Gasteiger partial charge is 0.225 e. The molecule has 3 N–H and O–H groups in total. The molecule has 2 aromatic rings. The second-order valence-electron chi connectivity index (χ2n) is 4.34. The number of hydrogen-bond acceptors (Lipinski definition) is 3. The maximum atomic E-state index is 11.8. The molecule has 0 aliphatic rings. The predicted molar refractivity (Wildman–Crippen MR) is 75.5 cm³/mol. The zero-order chi connectivity index (χ0) is 13.8. The lowest BCUT2D eigenvalue weighted by Gasteiger charge is -2.14. The van der Waals surface area contributed by atoms with Gasteiger partial charge in [-0.3, -0.25) is 4.79 Å². The topological polar surface area (TPSA) is 72.9 Å². The van der Waals surface area contributed by atoms with Gasteiger partial charge >= 0.3 is 0 Å². The van der Waals surface area contributed by atoms with E-state index in [9.17, 15) is 4.79 Å². The van der Waals surface area contributed by atoms with Gasteiger partial charge < -0.3 is 15.6 Å². The Morgan fingerprint density at radius 3 is 3.00 bits per heavy atom. The molecule has 0 fully saturated rings. The Morgan fingerprint density at radius 1 is 1.58 bits per heavy atom. The minimum absolute atomic E-state index is 0.140. The van der Waals surface area contributed by atoms with E-state index >= 15 is 0 Å². The van der Waals surface area contributed by atoms with Crippen molar-refractivity contribution in [2.75, 3.05) is 5.32 Å². The normalized spacial score (nSPS) is 12.2. The monoisotopic (exact) mass is 278 g/mol. The van der Waals surface area contributed by atoms with E-state index in [-0.39, 0.29) is 18.4 Å². The highest BCUT2D eigenvalue weighted by atomic mass is 35.5. The number of para-hydroxylation sites is 1. The van der Waals surface area contributed by atoms with Gasteiger partial charge in [-0.25, -0.2) is 4.98 Å². The minimum Gasteiger partial charge on any atom is -0.327 e. The Kier molecular flexibility index (Phi) is 4.19. The van der Waals surface area contributed by atoms with Crippen LogP contribution in [0, 0.1) is 0 Å². The zero-order valence-electron chi connectivity index (χ0n) is 10.5. The highest BCUT2D eigenvalue weighted by Crippen LogP contribution is 2.28. The van der Waals surface area contributed by atoms with Gasteiger partial charge in [0.2, 0.25) is 5.91 Å². The van der Waals surface area contributed by atoms with Gasteiger partial charge in [-0.2, -0.15) is 0 Å². The molecular weight excluding hydrogens is 264 g/mol. The van der Waals surface area contributed by atoms with E-state index in [1.807, 2.05) is 0 Å². The third-order valence-electron chi connectivity index (χ3n) is 2.53. The van der Waals surface area contributed by atoms with Crippen molar-refractivity contribution >= 4 is 23.2 Å². The Hall–Kier alpha value is -1.85. The van der Waals surface area contributed by atoms with E-state index in [0.717, 1.165) is 0 Å². The Balaban J connectivity index is 2.31. The molecule has 1 atom stereocenters. The highest BCUT2D eigenvalue weighted by molar-refractivity contribution is 6.33. The number of benzene rings is 1. The van der Waals surface area contributed by atoms with Crippen molar-refractivity contribution in [3.63, 3.8) is 0 Å². The molecule has 0 saturated heterocycles. The molecule has 19 heavy (non-hydrogen) atoms. The van der Waals surface area contributed by atoms with E-state index < -0.39 is 0 Å². The molecule has 0 spiro atoms. The van der Waals surface area contributed by atoms with Crippen LogP contribution in [0.3, 0.4) is 0 Å². The molecule has 2 rings (SSSR count). The van der Waals surface area contributed by atoms with Gasteiger partial charge in [0.05, 0.1) is 22.7 Å². The number of halogens is 1. The van der Waals surface area contributed by atoms with E-state index in [4.69, 9.17) is 17.3 Å². The highest BCUT2D eigenvalue weighted by Gasteiger charge is 2.12. The summed E-state index contributed by atoms with van der Waals surface area (Å²) in [5, 5.41) is 3.36. The minimum atomic E-state index is -0.184. The molecule has 100 valence electrons. The summed E-state index contributed by atoms with van der Waals surface area (Å²) in [4.78, 5) is 15.8. The molecule has 0 aliphatic heterocycles. The molecule has 1 aromatic carbocycles. The van der Waals surface area contributed by atoms with Crippen molar-refractivity contribution in [1.29, 1.82) is 0 Å². The molecule has 1 unspecified atom stereocenters. The summed E-state index contributed by atoms with van der Waals surface area (Å²) < 4.78 is 1.75. The molecule has 0 radical (unpaired) electrons. The Labute approximate surface area is 116 Å². The molecular formula is C13H15ClN4O. The number of amides is 1. The maximum absolute atomic E-state index is 11.8. The number of nitrogens with two attached hydrogens (primary N) is 1. The lowest BCUT2D eigenvalue weighted by Crippen LogP contribution is -2.24. The zero-order valence-corrected chi connectivity index (χ0v) is 11.3. The third-order valence-corrected chi connectivity index (χ3v) is 2.84. The second kappa shape index (κ2) is 5.86. The van der Waals surface area contributed by atoms with Gasteiger partial charge in [0, 0.05) is 24.9 Å². The number of aromatic nitrogens is 2. The first kappa shape index (κ1) is 13.6. The number of imidazole rings is 1. The van der Waals surface area contributed by atoms with Crippen molar-refractivity contribution in [3.05, 3.63) is 41.9 Å². The van der Waals surface area contributed by atoms with Crippen LogP contribution in [0.15, 0.2) is 36.9 Å². The number of nitrogens with zero attached hydrogens (tertiary/aromatic N) is 2. The van der Waals surface area contributed by atoms with Crippen molar-refractivity contribution < 1.29 is 4.79 Å². The fourth-order valence-electron chi connectivity index (χ4n) is 1.76. The molecule has 0 aliphatic carbocycles. The van der Waals surface area contributed by atoms with Crippen LogP contribution in [0.4, 0.5) is 5.69 Å². The largest absolute Gasteiger partial charge is 0.327 e. The number of carbonyl (C=O) groups excluding carboxylic acids is 1. The number of nitrogens with one attached hydrogen (secondary N) is 1. The fourth-order valence-corrected chi connectivity index (χ4v) is 2.04.